The van der Waals surface area contributed by atoms with Crippen LogP contribution in [0.2, 0.25) is 5.02 Å². The van der Waals surface area contributed by atoms with Crippen LogP contribution in [0.5, 0.6) is 0 Å². The molecule has 22 heavy (non-hydrogen) atoms. The maximum atomic E-state index is 5.92. The van der Waals surface area contributed by atoms with Gasteiger partial charge < -0.3 is 0 Å². The monoisotopic (exact) mass is 314 g/mol. The normalized spacial score (nSPS) is 16.3. The van der Waals surface area contributed by atoms with Crippen molar-refractivity contribution >= 4 is 17.8 Å². The topological polar surface area (TPSA) is 31.7 Å². The summed E-state index contributed by atoms with van der Waals surface area (Å²) in [5, 5.41) is 7.44. The van der Waals surface area contributed by atoms with Crippen molar-refractivity contribution in [1.82, 2.24) is 14.9 Å². The van der Waals surface area contributed by atoms with Gasteiger partial charge in [-0.25, -0.2) is 0 Å². The second-order valence-corrected chi connectivity index (χ2v) is 5.82. The molecule has 2 heterocycles. The minimum absolute atomic E-state index is 0.790. The SMILES string of the molecule is Clc1ccc(CN2CCN(/N=C\c3cccnc3)CC2)cc1. The zero-order valence-electron chi connectivity index (χ0n) is 12.4. The van der Waals surface area contributed by atoms with E-state index in [0.717, 1.165) is 43.3 Å². The van der Waals surface area contributed by atoms with Crippen molar-refractivity contribution in [2.45, 2.75) is 6.54 Å². The number of hydrogen-bond acceptors (Lipinski definition) is 4. The number of hydrogen-bond donors (Lipinski definition) is 0. The number of hydrazone groups is 1. The Bertz CT molecular complexity index is 604. The number of piperazine rings is 1. The lowest BCUT2D eigenvalue weighted by molar-refractivity contribution is 0.131. The van der Waals surface area contributed by atoms with Crippen LogP contribution in [0, 0.1) is 0 Å². The van der Waals surface area contributed by atoms with Crippen LogP contribution < -0.4 is 0 Å². The number of pyridine rings is 1. The molecule has 0 spiro atoms. The van der Waals surface area contributed by atoms with Gasteiger partial charge in [0.15, 0.2) is 0 Å². The predicted molar refractivity (Wildman–Crippen MR) is 90.1 cm³/mol. The first-order valence-corrected chi connectivity index (χ1v) is 7.83. The zero-order chi connectivity index (χ0) is 15.2. The van der Waals surface area contributed by atoms with Crippen LogP contribution in [0.15, 0.2) is 53.9 Å². The first-order valence-electron chi connectivity index (χ1n) is 7.45. The average Bonchev–Trinajstić information content (AvgIpc) is 2.57. The highest BCUT2D eigenvalue weighted by atomic mass is 35.5. The van der Waals surface area contributed by atoms with Crippen LogP contribution in [0.1, 0.15) is 11.1 Å². The minimum atomic E-state index is 0.790. The Morgan fingerprint density at radius 1 is 1.09 bits per heavy atom. The first kappa shape index (κ1) is 15.0. The van der Waals surface area contributed by atoms with Crippen LogP contribution in [0.3, 0.4) is 0 Å². The van der Waals surface area contributed by atoms with Gasteiger partial charge in [-0.05, 0) is 23.8 Å². The number of rotatable bonds is 4. The Kier molecular flexibility index (Phi) is 5.03. The zero-order valence-corrected chi connectivity index (χ0v) is 13.2. The quantitative estimate of drug-likeness (QED) is 0.813. The van der Waals surface area contributed by atoms with E-state index in [0.29, 0.717) is 0 Å². The standard InChI is InChI=1S/C17H19ClN4/c18-17-5-3-15(4-6-17)14-21-8-10-22(11-9-21)20-13-16-2-1-7-19-12-16/h1-7,12-13H,8-11,14H2/b20-13-. The molecule has 1 saturated heterocycles. The molecule has 1 fully saturated rings. The molecule has 0 saturated carbocycles. The van der Waals surface area contributed by atoms with Gasteiger partial charge in [-0.15, -0.1) is 0 Å². The summed E-state index contributed by atoms with van der Waals surface area (Å²) < 4.78 is 0. The van der Waals surface area contributed by atoms with Gasteiger partial charge in [-0.3, -0.25) is 14.9 Å². The molecule has 1 aromatic carbocycles. The fourth-order valence-corrected chi connectivity index (χ4v) is 2.59. The lowest BCUT2D eigenvalue weighted by Gasteiger charge is -2.33. The molecule has 0 atom stereocenters. The Balaban J connectivity index is 1.48. The summed E-state index contributed by atoms with van der Waals surface area (Å²) in [6.45, 7) is 4.91. The van der Waals surface area contributed by atoms with Gasteiger partial charge in [0.2, 0.25) is 0 Å². The molecule has 0 unspecified atom stereocenters. The lowest BCUT2D eigenvalue weighted by atomic mass is 10.2. The molecule has 0 aliphatic carbocycles. The molecule has 1 aliphatic heterocycles. The molecule has 0 radical (unpaired) electrons. The van der Waals surface area contributed by atoms with E-state index >= 15 is 0 Å². The van der Waals surface area contributed by atoms with Crippen LogP contribution in [0.25, 0.3) is 0 Å². The molecule has 3 rings (SSSR count). The molecular formula is C17H19ClN4. The first-order chi connectivity index (χ1) is 10.8. The van der Waals surface area contributed by atoms with Gasteiger partial charge in [0.05, 0.1) is 6.21 Å². The molecule has 4 nitrogen and oxygen atoms in total. The Labute approximate surface area is 136 Å². The van der Waals surface area contributed by atoms with Gasteiger partial charge in [-0.2, -0.15) is 5.10 Å². The van der Waals surface area contributed by atoms with Crippen LogP contribution in [0.4, 0.5) is 0 Å². The van der Waals surface area contributed by atoms with Gasteiger partial charge in [0.1, 0.15) is 0 Å². The van der Waals surface area contributed by atoms with Crippen molar-refractivity contribution in [2.24, 2.45) is 5.10 Å². The minimum Gasteiger partial charge on any atom is -0.295 e. The molecule has 1 aromatic heterocycles. The van der Waals surface area contributed by atoms with E-state index in [1.165, 1.54) is 5.56 Å². The molecular weight excluding hydrogens is 296 g/mol. The Morgan fingerprint density at radius 2 is 1.86 bits per heavy atom. The molecule has 5 heteroatoms. The molecule has 0 bridgehead atoms. The van der Waals surface area contributed by atoms with Crippen molar-refractivity contribution in [2.75, 3.05) is 26.2 Å². The number of halogens is 1. The van der Waals surface area contributed by atoms with E-state index in [-0.39, 0.29) is 0 Å². The highest BCUT2D eigenvalue weighted by Crippen LogP contribution is 2.13. The molecule has 1 aliphatic rings. The third kappa shape index (κ3) is 4.29. The summed E-state index contributed by atoms with van der Waals surface area (Å²) in [4.78, 5) is 6.53. The van der Waals surface area contributed by atoms with Crippen molar-refractivity contribution < 1.29 is 0 Å². The van der Waals surface area contributed by atoms with E-state index in [4.69, 9.17) is 11.6 Å². The second kappa shape index (κ2) is 7.38. The Morgan fingerprint density at radius 3 is 2.55 bits per heavy atom. The van der Waals surface area contributed by atoms with E-state index < -0.39 is 0 Å². The highest BCUT2D eigenvalue weighted by molar-refractivity contribution is 6.30. The van der Waals surface area contributed by atoms with E-state index in [2.05, 4.69) is 32.1 Å². The van der Waals surface area contributed by atoms with E-state index in [1.54, 1.807) is 6.20 Å². The van der Waals surface area contributed by atoms with Gasteiger partial charge in [-0.1, -0.05) is 29.8 Å². The van der Waals surface area contributed by atoms with Crippen LogP contribution >= 0.6 is 11.6 Å². The lowest BCUT2D eigenvalue weighted by Crippen LogP contribution is -2.43. The van der Waals surface area contributed by atoms with Crippen LogP contribution in [-0.2, 0) is 6.54 Å². The summed E-state index contributed by atoms with van der Waals surface area (Å²) in [6.07, 6.45) is 5.47. The molecule has 2 aromatic rings. The summed E-state index contributed by atoms with van der Waals surface area (Å²) in [5.41, 5.74) is 2.34. The summed E-state index contributed by atoms with van der Waals surface area (Å²) >= 11 is 5.92. The maximum Gasteiger partial charge on any atom is 0.0558 e. The Hall–Kier alpha value is -1.91. The fourth-order valence-electron chi connectivity index (χ4n) is 2.46. The van der Waals surface area contributed by atoms with Crippen molar-refractivity contribution in [3.63, 3.8) is 0 Å². The fraction of sp³-hybridized carbons (Fsp3) is 0.294. The van der Waals surface area contributed by atoms with E-state index in [1.807, 2.05) is 36.7 Å². The largest absolute Gasteiger partial charge is 0.295 e. The van der Waals surface area contributed by atoms with Gasteiger partial charge in [0, 0.05) is 55.7 Å². The highest BCUT2D eigenvalue weighted by Gasteiger charge is 2.15. The number of aromatic nitrogens is 1. The maximum absolute atomic E-state index is 5.92. The second-order valence-electron chi connectivity index (χ2n) is 5.39. The number of nitrogens with zero attached hydrogens (tertiary/aromatic N) is 4. The van der Waals surface area contributed by atoms with Gasteiger partial charge in [0.25, 0.3) is 0 Å². The molecule has 114 valence electrons. The third-order valence-electron chi connectivity index (χ3n) is 3.72. The van der Waals surface area contributed by atoms with Gasteiger partial charge >= 0.3 is 0 Å². The average molecular weight is 315 g/mol. The van der Waals surface area contributed by atoms with E-state index in [9.17, 15) is 0 Å². The summed E-state index contributed by atoms with van der Waals surface area (Å²) in [7, 11) is 0. The molecule has 0 N–H and O–H groups in total. The summed E-state index contributed by atoms with van der Waals surface area (Å²) in [5.74, 6) is 0. The summed E-state index contributed by atoms with van der Waals surface area (Å²) in [6, 6.07) is 12.0. The van der Waals surface area contributed by atoms with Crippen molar-refractivity contribution in [3.05, 3.63) is 64.9 Å². The molecule has 0 amide bonds. The van der Waals surface area contributed by atoms with Crippen molar-refractivity contribution in [1.29, 1.82) is 0 Å². The van der Waals surface area contributed by atoms with Crippen molar-refractivity contribution in [3.8, 4) is 0 Å². The third-order valence-corrected chi connectivity index (χ3v) is 3.97. The predicted octanol–water partition coefficient (Wildman–Crippen LogP) is 2.89. The van der Waals surface area contributed by atoms with Crippen LogP contribution in [-0.4, -0.2) is 47.3 Å². The number of benzene rings is 1. The smallest absolute Gasteiger partial charge is 0.0558 e.